The van der Waals surface area contributed by atoms with Crippen LogP contribution < -0.4 is 0 Å². The number of methoxy groups -OCH3 is 1. The van der Waals surface area contributed by atoms with E-state index in [2.05, 4.69) is 36.6 Å². The maximum absolute atomic E-state index is 10.8. The largest absolute Gasteiger partial charge is 0.466 e. The summed E-state index contributed by atoms with van der Waals surface area (Å²) in [5.74, 6) is 0.272. The van der Waals surface area contributed by atoms with Gasteiger partial charge < -0.3 is 4.74 Å². The van der Waals surface area contributed by atoms with Gasteiger partial charge in [0, 0.05) is 6.08 Å². The molecule has 1 fully saturated rings. The molecule has 0 aromatic rings. The highest BCUT2D eigenvalue weighted by atomic mass is 79.9. The molecule has 0 amide bonds. The molecule has 0 aromatic carbocycles. The van der Waals surface area contributed by atoms with Crippen LogP contribution in [0.3, 0.4) is 0 Å². The monoisotopic (exact) mass is 308 g/mol. The van der Waals surface area contributed by atoms with Crippen LogP contribution in [0.5, 0.6) is 0 Å². The number of hydrogen-bond acceptors (Lipinski definition) is 2. The van der Waals surface area contributed by atoms with Crippen molar-refractivity contribution in [1.29, 1.82) is 0 Å². The summed E-state index contributed by atoms with van der Waals surface area (Å²) in [6.07, 6.45) is 5.63. The molecule has 4 heteroatoms. The molecule has 0 aliphatic heterocycles. The van der Waals surface area contributed by atoms with Crippen LogP contribution >= 0.6 is 31.9 Å². The topological polar surface area (TPSA) is 26.3 Å². The van der Waals surface area contributed by atoms with Gasteiger partial charge in [-0.15, -0.1) is 0 Å². The lowest BCUT2D eigenvalue weighted by Crippen LogP contribution is -1.94. The van der Waals surface area contributed by atoms with Gasteiger partial charge in [0.15, 0.2) is 0 Å². The molecule has 72 valence electrons. The summed E-state index contributed by atoms with van der Waals surface area (Å²) in [6, 6.07) is 0. The van der Waals surface area contributed by atoms with Crippen molar-refractivity contribution in [2.75, 3.05) is 7.11 Å². The Bertz CT molecular complexity index is 261. The molecule has 0 unspecified atom stereocenters. The molecule has 13 heavy (non-hydrogen) atoms. The Hall–Kier alpha value is -0.0900. The van der Waals surface area contributed by atoms with Gasteiger partial charge in [0.1, 0.15) is 0 Å². The van der Waals surface area contributed by atoms with Crippen molar-refractivity contribution in [3.8, 4) is 0 Å². The minimum atomic E-state index is -0.320. The maximum atomic E-state index is 10.8. The van der Waals surface area contributed by atoms with E-state index < -0.39 is 0 Å². The van der Waals surface area contributed by atoms with Crippen molar-refractivity contribution in [2.45, 2.75) is 12.8 Å². The van der Waals surface area contributed by atoms with Crippen LogP contribution in [0.25, 0.3) is 0 Å². The molecule has 0 saturated heterocycles. The standard InChI is InChI=1S/C9H10Br2O2/c1-13-8(12)5-4-7(9(10)11)6-2-3-6/h4-6H,2-3H2,1H3/b5-4+. The SMILES string of the molecule is COC(=O)/C=C/C(=C(Br)Br)C1CC1. The summed E-state index contributed by atoms with van der Waals surface area (Å²) in [6.45, 7) is 0. The quantitative estimate of drug-likeness (QED) is 0.455. The first-order valence-electron chi connectivity index (χ1n) is 3.96. The fourth-order valence-corrected chi connectivity index (χ4v) is 1.89. The first-order chi connectivity index (χ1) is 6.15. The van der Waals surface area contributed by atoms with Crippen molar-refractivity contribution >= 4 is 37.8 Å². The summed E-state index contributed by atoms with van der Waals surface area (Å²) >= 11 is 6.69. The molecular weight excluding hydrogens is 300 g/mol. The third-order valence-electron chi connectivity index (χ3n) is 1.84. The summed E-state index contributed by atoms with van der Waals surface area (Å²) in [5.41, 5.74) is 1.13. The molecule has 2 nitrogen and oxygen atoms in total. The second kappa shape index (κ2) is 4.96. The number of allylic oxidation sites excluding steroid dienone is 2. The van der Waals surface area contributed by atoms with E-state index in [0.29, 0.717) is 5.92 Å². The number of ether oxygens (including phenoxy) is 1. The van der Waals surface area contributed by atoms with Gasteiger partial charge in [-0.2, -0.15) is 0 Å². The Morgan fingerprint density at radius 2 is 2.00 bits per heavy atom. The van der Waals surface area contributed by atoms with Crippen LogP contribution in [-0.4, -0.2) is 13.1 Å². The zero-order valence-electron chi connectivity index (χ0n) is 7.22. The number of carbonyl (C=O) groups excluding carboxylic acids is 1. The smallest absolute Gasteiger partial charge is 0.330 e. The zero-order chi connectivity index (χ0) is 9.84. The highest BCUT2D eigenvalue weighted by Gasteiger charge is 2.26. The Kier molecular flexibility index (Phi) is 4.19. The first kappa shape index (κ1) is 11.0. The average Bonchev–Trinajstić information content (AvgIpc) is 2.87. The predicted octanol–water partition coefficient (Wildman–Crippen LogP) is 3.13. The van der Waals surface area contributed by atoms with Crippen molar-refractivity contribution in [1.82, 2.24) is 0 Å². The molecule has 1 rings (SSSR count). The van der Waals surface area contributed by atoms with E-state index in [9.17, 15) is 4.79 Å². The van der Waals surface area contributed by atoms with Crippen LogP contribution in [0.2, 0.25) is 0 Å². The Morgan fingerprint density at radius 3 is 2.38 bits per heavy atom. The van der Waals surface area contributed by atoms with Crippen molar-refractivity contribution in [3.63, 3.8) is 0 Å². The number of esters is 1. The minimum Gasteiger partial charge on any atom is -0.466 e. The predicted molar refractivity (Wildman–Crippen MR) is 58.8 cm³/mol. The lowest BCUT2D eigenvalue weighted by molar-refractivity contribution is -0.134. The van der Waals surface area contributed by atoms with Crippen molar-refractivity contribution in [2.24, 2.45) is 5.92 Å². The second-order valence-electron chi connectivity index (χ2n) is 2.85. The highest BCUT2D eigenvalue weighted by Crippen LogP contribution is 2.41. The molecule has 1 aliphatic carbocycles. The molecular formula is C9H10Br2O2. The minimum absolute atomic E-state index is 0.320. The molecule has 0 N–H and O–H groups in total. The van der Waals surface area contributed by atoms with E-state index in [0.717, 1.165) is 8.96 Å². The van der Waals surface area contributed by atoms with Gasteiger partial charge in [-0.1, -0.05) is 0 Å². The van der Waals surface area contributed by atoms with Crippen LogP contribution in [0.15, 0.2) is 21.1 Å². The van der Waals surface area contributed by atoms with Gasteiger partial charge in [0.25, 0.3) is 0 Å². The number of halogens is 2. The molecule has 1 saturated carbocycles. The van der Waals surface area contributed by atoms with Gasteiger partial charge in [-0.25, -0.2) is 4.79 Å². The Balaban J connectivity index is 2.63. The van der Waals surface area contributed by atoms with Crippen LogP contribution in [0.4, 0.5) is 0 Å². The van der Waals surface area contributed by atoms with Crippen molar-refractivity contribution in [3.05, 3.63) is 21.1 Å². The fraction of sp³-hybridized carbons (Fsp3) is 0.444. The summed E-state index contributed by atoms with van der Waals surface area (Å²) < 4.78 is 5.42. The van der Waals surface area contributed by atoms with Gasteiger partial charge in [0.2, 0.25) is 0 Å². The molecule has 0 spiro atoms. The van der Waals surface area contributed by atoms with Crippen molar-refractivity contribution < 1.29 is 9.53 Å². The summed E-state index contributed by atoms with van der Waals surface area (Å²) in [7, 11) is 1.37. The highest BCUT2D eigenvalue weighted by molar-refractivity contribution is 9.28. The Morgan fingerprint density at radius 1 is 1.38 bits per heavy atom. The lowest BCUT2D eigenvalue weighted by atomic mass is 10.2. The first-order valence-corrected chi connectivity index (χ1v) is 5.55. The third-order valence-corrected chi connectivity index (χ3v) is 2.75. The van der Waals surface area contributed by atoms with E-state index >= 15 is 0 Å². The molecule has 0 aromatic heterocycles. The van der Waals surface area contributed by atoms with Crippen LogP contribution in [0.1, 0.15) is 12.8 Å². The fourth-order valence-electron chi connectivity index (χ4n) is 0.974. The Labute approximate surface area is 94.3 Å². The number of carbonyl (C=O) groups is 1. The van der Waals surface area contributed by atoms with E-state index in [1.807, 2.05) is 0 Å². The van der Waals surface area contributed by atoms with E-state index in [4.69, 9.17) is 0 Å². The average molecular weight is 310 g/mol. The molecule has 0 atom stereocenters. The van der Waals surface area contributed by atoms with Crippen LogP contribution in [0, 0.1) is 5.92 Å². The van der Waals surface area contributed by atoms with Gasteiger partial charge in [0.05, 0.1) is 10.5 Å². The molecule has 0 bridgehead atoms. The van der Waals surface area contributed by atoms with E-state index in [1.54, 1.807) is 6.08 Å². The summed E-state index contributed by atoms with van der Waals surface area (Å²) in [5, 5.41) is 0. The van der Waals surface area contributed by atoms with Gasteiger partial charge in [-0.3, -0.25) is 0 Å². The summed E-state index contributed by atoms with van der Waals surface area (Å²) in [4.78, 5) is 10.8. The number of hydrogen-bond donors (Lipinski definition) is 0. The van der Waals surface area contributed by atoms with E-state index in [-0.39, 0.29) is 5.97 Å². The maximum Gasteiger partial charge on any atom is 0.330 e. The van der Waals surface area contributed by atoms with Crippen LogP contribution in [-0.2, 0) is 9.53 Å². The third kappa shape index (κ3) is 3.65. The second-order valence-corrected chi connectivity index (χ2v) is 5.50. The van der Waals surface area contributed by atoms with Gasteiger partial charge >= 0.3 is 5.97 Å². The molecule has 0 heterocycles. The molecule has 0 radical (unpaired) electrons. The zero-order valence-corrected chi connectivity index (χ0v) is 10.4. The number of rotatable bonds is 3. The molecule has 1 aliphatic rings. The lowest BCUT2D eigenvalue weighted by Gasteiger charge is -1.98. The normalized spacial score (nSPS) is 15.9. The van der Waals surface area contributed by atoms with E-state index in [1.165, 1.54) is 26.0 Å². The van der Waals surface area contributed by atoms with Gasteiger partial charge in [-0.05, 0) is 62.3 Å².